The van der Waals surface area contributed by atoms with Crippen LogP contribution in [0.25, 0.3) is 0 Å². The lowest BCUT2D eigenvalue weighted by Crippen LogP contribution is -2.37. The molecule has 0 aromatic carbocycles. The minimum Gasteiger partial charge on any atom is -0.480 e. The molecule has 0 bridgehead atoms. The predicted octanol–water partition coefficient (Wildman–Crippen LogP) is -1.82. The molecule has 0 fully saturated rings. The molecule has 0 saturated carbocycles. The molecule has 0 saturated heterocycles. The summed E-state index contributed by atoms with van der Waals surface area (Å²) in [5.74, 6) is -1.91. The van der Waals surface area contributed by atoms with Crippen molar-refractivity contribution in [3.8, 4) is 0 Å². The molecule has 1 aromatic heterocycles. The van der Waals surface area contributed by atoms with Gasteiger partial charge in [-0.25, -0.2) is 4.68 Å². The normalized spacial score (nSPS) is 9.89. The highest BCUT2D eigenvalue weighted by Gasteiger charge is 2.18. The van der Waals surface area contributed by atoms with E-state index in [0.29, 0.717) is 0 Å². The molecule has 18 heavy (non-hydrogen) atoms. The topological polar surface area (TPSA) is 117 Å². The van der Waals surface area contributed by atoms with Crippen molar-refractivity contribution >= 4 is 17.8 Å². The predicted molar refractivity (Wildman–Crippen MR) is 58.7 cm³/mol. The molecule has 9 heteroatoms. The van der Waals surface area contributed by atoms with E-state index < -0.39 is 11.9 Å². The third kappa shape index (κ3) is 3.54. The lowest BCUT2D eigenvalue weighted by Gasteiger charge is -2.13. The monoisotopic (exact) mass is 255 g/mol. The van der Waals surface area contributed by atoms with E-state index >= 15 is 0 Å². The molecule has 98 valence electrons. The van der Waals surface area contributed by atoms with Crippen LogP contribution >= 0.6 is 0 Å². The fourth-order valence-corrected chi connectivity index (χ4v) is 1.17. The maximum atomic E-state index is 11.8. The minimum absolute atomic E-state index is 0.0114. The molecule has 9 nitrogen and oxygen atoms in total. The van der Waals surface area contributed by atoms with E-state index in [0.717, 1.165) is 9.58 Å². The number of carboxylic acid groups (broad SMARTS) is 1. The highest BCUT2D eigenvalue weighted by atomic mass is 16.4. The van der Waals surface area contributed by atoms with Gasteiger partial charge in [-0.2, -0.15) is 0 Å². The van der Waals surface area contributed by atoms with Crippen LogP contribution in [0.4, 0.5) is 0 Å². The van der Waals surface area contributed by atoms with Crippen molar-refractivity contribution in [1.29, 1.82) is 0 Å². The Bertz CT molecular complexity index is 469. The summed E-state index contributed by atoms with van der Waals surface area (Å²) in [5, 5.41) is 18.0. The second-order valence-corrected chi connectivity index (χ2v) is 3.53. The number of carbonyl (C=O) groups excluding carboxylic acids is 2. The number of likely N-dealkylation sites (N-methyl/N-ethyl adjacent to an activating group) is 2. The second-order valence-electron chi connectivity index (χ2n) is 3.53. The van der Waals surface area contributed by atoms with E-state index in [1.54, 1.807) is 0 Å². The third-order valence-corrected chi connectivity index (χ3v) is 2.06. The van der Waals surface area contributed by atoms with Crippen molar-refractivity contribution in [1.82, 2.24) is 25.2 Å². The SMILES string of the molecule is CNC(=O)CN(C)C(=O)c1cn(CC(=O)O)nn1. The van der Waals surface area contributed by atoms with Gasteiger partial charge in [-0.1, -0.05) is 5.21 Å². The quantitative estimate of drug-likeness (QED) is 0.639. The number of rotatable bonds is 5. The van der Waals surface area contributed by atoms with Crippen LogP contribution in [0.15, 0.2) is 6.20 Å². The summed E-state index contributed by atoms with van der Waals surface area (Å²) in [6, 6.07) is 0. The summed E-state index contributed by atoms with van der Waals surface area (Å²) < 4.78 is 1.03. The molecule has 2 amide bonds. The highest BCUT2D eigenvalue weighted by Crippen LogP contribution is 1.98. The first-order valence-electron chi connectivity index (χ1n) is 5.02. The Morgan fingerprint density at radius 3 is 2.72 bits per heavy atom. The molecule has 1 heterocycles. The van der Waals surface area contributed by atoms with Crippen molar-refractivity contribution in [2.45, 2.75) is 6.54 Å². The number of amides is 2. The fourth-order valence-electron chi connectivity index (χ4n) is 1.17. The lowest BCUT2D eigenvalue weighted by molar-refractivity contribution is -0.137. The van der Waals surface area contributed by atoms with Crippen LogP contribution in [0.5, 0.6) is 0 Å². The van der Waals surface area contributed by atoms with Gasteiger partial charge in [-0.3, -0.25) is 14.4 Å². The Morgan fingerprint density at radius 1 is 1.50 bits per heavy atom. The van der Waals surface area contributed by atoms with Crippen LogP contribution in [-0.2, 0) is 16.1 Å². The molecule has 1 rings (SSSR count). The highest BCUT2D eigenvalue weighted by molar-refractivity contribution is 5.94. The van der Waals surface area contributed by atoms with Crippen LogP contribution in [0, 0.1) is 0 Å². The number of carboxylic acids is 1. The van der Waals surface area contributed by atoms with Crippen molar-refractivity contribution in [3.63, 3.8) is 0 Å². The Morgan fingerprint density at radius 2 is 2.17 bits per heavy atom. The molecule has 0 aliphatic carbocycles. The van der Waals surface area contributed by atoms with E-state index in [1.165, 1.54) is 20.3 Å². The zero-order valence-electron chi connectivity index (χ0n) is 9.95. The van der Waals surface area contributed by atoms with Crippen molar-refractivity contribution in [2.75, 3.05) is 20.6 Å². The lowest BCUT2D eigenvalue weighted by atomic mass is 10.4. The van der Waals surface area contributed by atoms with E-state index in [-0.39, 0.29) is 24.7 Å². The van der Waals surface area contributed by atoms with E-state index in [2.05, 4.69) is 15.6 Å². The average molecular weight is 255 g/mol. The van der Waals surface area contributed by atoms with Crippen molar-refractivity contribution in [2.24, 2.45) is 0 Å². The number of nitrogens with zero attached hydrogens (tertiary/aromatic N) is 4. The Labute approximate surface area is 102 Å². The maximum Gasteiger partial charge on any atom is 0.325 e. The number of aromatic nitrogens is 3. The molecule has 0 aliphatic heterocycles. The molecule has 2 N–H and O–H groups in total. The fraction of sp³-hybridized carbons (Fsp3) is 0.444. The molecule has 0 unspecified atom stereocenters. The summed E-state index contributed by atoms with van der Waals surface area (Å²) in [7, 11) is 2.90. The van der Waals surface area contributed by atoms with Gasteiger partial charge >= 0.3 is 5.97 Å². The Kier molecular flexibility index (Phi) is 4.35. The molecular formula is C9H13N5O4. The van der Waals surface area contributed by atoms with Gasteiger partial charge in [-0.15, -0.1) is 5.10 Å². The van der Waals surface area contributed by atoms with Crippen LogP contribution in [0.2, 0.25) is 0 Å². The van der Waals surface area contributed by atoms with E-state index in [4.69, 9.17) is 5.11 Å². The van der Waals surface area contributed by atoms with Crippen LogP contribution in [-0.4, -0.2) is 63.4 Å². The Hall–Kier alpha value is -2.45. The van der Waals surface area contributed by atoms with E-state index in [1.807, 2.05) is 0 Å². The molecule has 0 atom stereocenters. The van der Waals surface area contributed by atoms with Crippen molar-refractivity contribution < 1.29 is 19.5 Å². The first kappa shape index (κ1) is 13.6. The molecular weight excluding hydrogens is 242 g/mol. The first-order valence-corrected chi connectivity index (χ1v) is 5.02. The number of aliphatic carboxylic acids is 1. The summed E-state index contributed by atoms with van der Waals surface area (Å²) in [6.07, 6.45) is 1.22. The molecule has 0 aliphatic rings. The smallest absolute Gasteiger partial charge is 0.325 e. The summed E-state index contributed by atoms with van der Waals surface area (Å²) in [4.78, 5) is 34.5. The standard InChI is InChI=1S/C9H13N5O4/c1-10-7(15)4-13(2)9(18)6-3-14(12-11-6)5-8(16)17/h3H,4-5H2,1-2H3,(H,10,15)(H,16,17). The molecule has 1 aromatic rings. The molecule has 0 spiro atoms. The maximum absolute atomic E-state index is 11.8. The van der Waals surface area contributed by atoms with Crippen molar-refractivity contribution in [3.05, 3.63) is 11.9 Å². The van der Waals surface area contributed by atoms with E-state index in [9.17, 15) is 14.4 Å². The van der Waals surface area contributed by atoms with Gasteiger partial charge in [0, 0.05) is 14.1 Å². The zero-order valence-corrected chi connectivity index (χ0v) is 9.95. The molecule has 0 radical (unpaired) electrons. The van der Waals surface area contributed by atoms with Gasteiger partial charge in [0.2, 0.25) is 5.91 Å². The second kappa shape index (κ2) is 5.75. The summed E-state index contributed by atoms with van der Waals surface area (Å²) in [6.45, 7) is -0.486. The third-order valence-electron chi connectivity index (χ3n) is 2.06. The Balaban J connectivity index is 2.69. The van der Waals surface area contributed by atoms with Gasteiger partial charge in [-0.05, 0) is 0 Å². The number of carbonyl (C=O) groups is 3. The van der Waals surface area contributed by atoms with Gasteiger partial charge in [0.15, 0.2) is 5.69 Å². The number of hydrogen-bond acceptors (Lipinski definition) is 5. The average Bonchev–Trinajstić information content (AvgIpc) is 2.75. The van der Waals surface area contributed by atoms with Gasteiger partial charge in [0.25, 0.3) is 5.91 Å². The van der Waals surface area contributed by atoms with Gasteiger partial charge in [0.05, 0.1) is 12.7 Å². The van der Waals surface area contributed by atoms with Gasteiger partial charge < -0.3 is 15.3 Å². The zero-order chi connectivity index (χ0) is 13.7. The van der Waals surface area contributed by atoms with Crippen LogP contribution in [0.3, 0.4) is 0 Å². The summed E-state index contributed by atoms with van der Waals surface area (Å²) in [5.41, 5.74) is -0.0114. The van der Waals surface area contributed by atoms with Gasteiger partial charge in [0.1, 0.15) is 6.54 Å². The number of nitrogens with one attached hydrogen (secondary N) is 1. The minimum atomic E-state index is -1.09. The largest absolute Gasteiger partial charge is 0.480 e. The number of hydrogen-bond donors (Lipinski definition) is 2. The summed E-state index contributed by atoms with van der Waals surface area (Å²) >= 11 is 0. The first-order chi connectivity index (χ1) is 8.43. The van der Waals surface area contributed by atoms with Crippen LogP contribution in [0.1, 0.15) is 10.5 Å². The van der Waals surface area contributed by atoms with Crippen LogP contribution < -0.4 is 5.32 Å².